The van der Waals surface area contributed by atoms with Crippen molar-refractivity contribution in [2.45, 2.75) is 39.2 Å². The van der Waals surface area contributed by atoms with E-state index in [4.69, 9.17) is 0 Å². The van der Waals surface area contributed by atoms with Crippen molar-refractivity contribution in [2.75, 3.05) is 13.6 Å². The Morgan fingerprint density at radius 3 is 2.65 bits per heavy atom. The van der Waals surface area contributed by atoms with Crippen molar-refractivity contribution >= 4 is 29.9 Å². The van der Waals surface area contributed by atoms with Crippen LogP contribution in [0.1, 0.15) is 38.2 Å². The van der Waals surface area contributed by atoms with E-state index in [0.717, 1.165) is 24.5 Å². The molecule has 0 spiro atoms. The molecule has 0 aliphatic heterocycles. The summed E-state index contributed by atoms with van der Waals surface area (Å²) in [7, 11) is 1.74. The number of aliphatic imine (C=N–C) groups is 1. The summed E-state index contributed by atoms with van der Waals surface area (Å²) in [4.78, 5) is 4.14. The van der Waals surface area contributed by atoms with E-state index >= 15 is 0 Å². The Kier molecular flexibility index (Phi) is 11.4. The molecule has 0 amide bonds. The van der Waals surface area contributed by atoms with Gasteiger partial charge in [-0.05, 0) is 24.1 Å². The Bertz CT molecular complexity index is 396. The summed E-state index contributed by atoms with van der Waals surface area (Å²) in [5, 5.41) is 6.43. The third kappa shape index (κ3) is 8.35. The molecule has 0 heterocycles. The lowest BCUT2D eigenvalue weighted by atomic mass is 10.2. The molecule has 3 nitrogen and oxygen atoms in total. The van der Waals surface area contributed by atoms with E-state index in [1.165, 1.54) is 31.4 Å². The molecule has 0 radical (unpaired) electrons. The predicted octanol–water partition coefficient (Wildman–Crippen LogP) is 3.69. The molecule has 0 saturated heterocycles. The van der Waals surface area contributed by atoms with Gasteiger partial charge in [-0.25, -0.2) is 4.39 Å². The standard InChI is InChI=1S/C15H24FN3.HI/c1-3-4-5-6-10-18-15(17-2)19-12-13-8-7-9-14(16)11-13;/h7-9,11H,3-6,10,12H2,1-2H3,(H2,17,18,19);1H. The molecule has 0 unspecified atom stereocenters. The van der Waals surface area contributed by atoms with Crippen molar-refractivity contribution in [3.8, 4) is 0 Å². The fourth-order valence-electron chi connectivity index (χ4n) is 1.81. The van der Waals surface area contributed by atoms with E-state index < -0.39 is 0 Å². The maximum atomic E-state index is 13.0. The van der Waals surface area contributed by atoms with Crippen molar-refractivity contribution in [1.82, 2.24) is 10.6 Å². The number of hydrogen-bond donors (Lipinski definition) is 2. The number of benzene rings is 1. The third-order valence-electron chi connectivity index (χ3n) is 2.90. The zero-order valence-electron chi connectivity index (χ0n) is 12.3. The number of halogens is 2. The molecule has 20 heavy (non-hydrogen) atoms. The number of nitrogens with one attached hydrogen (secondary N) is 2. The first kappa shape index (κ1) is 19.1. The normalized spacial score (nSPS) is 10.8. The second kappa shape index (κ2) is 11.9. The summed E-state index contributed by atoms with van der Waals surface area (Å²) in [6.45, 7) is 3.70. The van der Waals surface area contributed by atoms with Crippen LogP contribution in [0.2, 0.25) is 0 Å². The topological polar surface area (TPSA) is 36.4 Å². The van der Waals surface area contributed by atoms with Crippen molar-refractivity contribution in [3.05, 3.63) is 35.6 Å². The Labute approximate surface area is 138 Å². The Morgan fingerprint density at radius 2 is 2.00 bits per heavy atom. The average molecular weight is 393 g/mol. The van der Waals surface area contributed by atoms with Gasteiger partial charge in [0.2, 0.25) is 0 Å². The molecule has 1 aromatic rings. The fraction of sp³-hybridized carbons (Fsp3) is 0.533. The highest BCUT2D eigenvalue weighted by Crippen LogP contribution is 2.02. The molecule has 0 fully saturated rings. The average Bonchev–Trinajstić information content (AvgIpc) is 2.42. The largest absolute Gasteiger partial charge is 0.356 e. The summed E-state index contributed by atoms with van der Waals surface area (Å²) in [6.07, 6.45) is 4.91. The van der Waals surface area contributed by atoms with Gasteiger partial charge < -0.3 is 10.6 Å². The quantitative estimate of drug-likeness (QED) is 0.321. The zero-order valence-corrected chi connectivity index (χ0v) is 14.6. The fourth-order valence-corrected chi connectivity index (χ4v) is 1.81. The minimum atomic E-state index is -0.207. The maximum Gasteiger partial charge on any atom is 0.191 e. The van der Waals surface area contributed by atoms with E-state index in [-0.39, 0.29) is 29.8 Å². The molecule has 114 valence electrons. The summed E-state index contributed by atoms with van der Waals surface area (Å²) in [5.74, 6) is 0.558. The van der Waals surface area contributed by atoms with E-state index in [2.05, 4.69) is 22.5 Å². The zero-order chi connectivity index (χ0) is 13.9. The van der Waals surface area contributed by atoms with Gasteiger partial charge in [-0.2, -0.15) is 0 Å². The lowest BCUT2D eigenvalue weighted by molar-refractivity contribution is 0.624. The van der Waals surface area contributed by atoms with E-state index in [1.807, 2.05) is 6.07 Å². The minimum absolute atomic E-state index is 0. The van der Waals surface area contributed by atoms with Gasteiger partial charge in [0.1, 0.15) is 5.82 Å². The first-order valence-electron chi connectivity index (χ1n) is 6.95. The maximum absolute atomic E-state index is 13.0. The Balaban J connectivity index is 0.00000361. The van der Waals surface area contributed by atoms with Gasteiger partial charge in [0, 0.05) is 20.1 Å². The van der Waals surface area contributed by atoms with Gasteiger partial charge in [0.15, 0.2) is 5.96 Å². The molecule has 0 aliphatic rings. The number of nitrogens with zero attached hydrogens (tertiary/aromatic N) is 1. The van der Waals surface area contributed by atoms with Gasteiger partial charge in [-0.3, -0.25) is 4.99 Å². The molecule has 0 bridgehead atoms. The van der Waals surface area contributed by atoms with Gasteiger partial charge in [0.25, 0.3) is 0 Å². The lowest BCUT2D eigenvalue weighted by Gasteiger charge is -2.11. The number of hydrogen-bond acceptors (Lipinski definition) is 1. The second-order valence-corrected chi connectivity index (χ2v) is 4.54. The summed E-state index contributed by atoms with van der Waals surface area (Å²) < 4.78 is 13.0. The van der Waals surface area contributed by atoms with E-state index in [9.17, 15) is 4.39 Å². The van der Waals surface area contributed by atoms with Crippen LogP contribution in [0.25, 0.3) is 0 Å². The summed E-state index contributed by atoms with van der Waals surface area (Å²) in [6, 6.07) is 6.59. The molecule has 0 aliphatic carbocycles. The molecule has 0 atom stereocenters. The molecule has 0 aromatic heterocycles. The van der Waals surface area contributed by atoms with Crippen molar-refractivity contribution < 1.29 is 4.39 Å². The van der Waals surface area contributed by atoms with E-state index in [1.54, 1.807) is 13.1 Å². The SMILES string of the molecule is CCCCCCNC(=NC)NCc1cccc(F)c1.I. The highest BCUT2D eigenvalue weighted by atomic mass is 127. The van der Waals surface area contributed by atoms with Crippen LogP contribution >= 0.6 is 24.0 Å². The van der Waals surface area contributed by atoms with Gasteiger partial charge in [-0.1, -0.05) is 38.3 Å². The van der Waals surface area contributed by atoms with Crippen LogP contribution in [0.3, 0.4) is 0 Å². The Hall–Kier alpha value is -0.850. The first-order valence-corrected chi connectivity index (χ1v) is 6.95. The Morgan fingerprint density at radius 1 is 1.20 bits per heavy atom. The first-order chi connectivity index (χ1) is 9.26. The predicted molar refractivity (Wildman–Crippen MR) is 94.2 cm³/mol. The number of rotatable bonds is 7. The monoisotopic (exact) mass is 393 g/mol. The molecule has 1 rings (SSSR count). The molecular weight excluding hydrogens is 368 g/mol. The van der Waals surface area contributed by atoms with Gasteiger partial charge in [0.05, 0.1) is 0 Å². The summed E-state index contributed by atoms with van der Waals surface area (Å²) >= 11 is 0. The molecule has 2 N–H and O–H groups in total. The van der Waals surface area contributed by atoms with Crippen molar-refractivity contribution in [1.29, 1.82) is 0 Å². The highest BCUT2D eigenvalue weighted by molar-refractivity contribution is 14.0. The van der Waals surface area contributed by atoms with Crippen LogP contribution in [0.4, 0.5) is 4.39 Å². The molecule has 0 saturated carbocycles. The summed E-state index contributed by atoms with van der Waals surface area (Å²) in [5.41, 5.74) is 0.911. The van der Waals surface area contributed by atoms with Crippen molar-refractivity contribution in [2.24, 2.45) is 4.99 Å². The van der Waals surface area contributed by atoms with Crippen LogP contribution in [-0.4, -0.2) is 19.6 Å². The van der Waals surface area contributed by atoms with Crippen LogP contribution in [0, 0.1) is 5.82 Å². The van der Waals surface area contributed by atoms with Crippen LogP contribution in [-0.2, 0) is 6.54 Å². The van der Waals surface area contributed by atoms with Crippen LogP contribution in [0.5, 0.6) is 0 Å². The van der Waals surface area contributed by atoms with Crippen LogP contribution in [0.15, 0.2) is 29.3 Å². The van der Waals surface area contributed by atoms with Gasteiger partial charge in [-0.15, -0.1) is 24.0 Å². The minimum Gasteiger partial charge on any atom is -0.356 e. The van der Waals surface area contributed by atoms with Crippen LogP contribution < -0.4 is 10.6 Å². The second-order valence-electron chi connectivity index (χ2n) is 4.54. The van der Waals surface area contributed by atoms with E-state index in [0.29, 0.717) is 6.54 Å². The molecular formula is C15H25FIN3. The molecule has 5 heteroatoms. The third-order valence-corrected chi connectivity index (χ3v) is 2.90. The number of unbranched alkanes of at least 4 members (excludes halogenated alkanes) is 3. The van der Waals surface area contributed by atoms with Gasteiger partial charge >= 0.3 is 0 Å². The number of guanidine groups is 1. The molecule has 1 aromatic carbocycles. The lowest BCUT2D eigenvalue weighted by Crippen LogP contribution is -2.37. The highest BCUT2D eigenvalue weighted by Gasteiger charge is 1.99. The smallest absolute Gasteiger partial charge is 0.191 e. The van der Waals surface area contributed by atoms with Crippen molar-refractivity contribution in [3.63, 3.8) is 0 Å².